The van der Waals surface area contributed by atoms with E-state index < -0.39 is 16.4 Å². The highest BCUT2D eigenvalue weighted by Crippen LogP contribution is 2.31. The molecular weight excluding hydrogens is 332 g/mol. The Balaban J connectivity index is 2.23. The normalized spacial score (nSPS) is 20.0. The molecule has 2 aromatic rings. The van der Waals surface area contributed by atoms with Gasteiger partial charge in [0.05, 0.1) is 10.5 Å². The van der Waals surface area contributed by atoms with Crippen LogP contribution >= 0.6 is 0 Å². The van der Waals surface area contributed by atoms with E-state index in [9.17, 15) is 24.8 Å². The number of carboxylic acid groups (broad SMARTS) is 1. The van der Waals surface area contributed by atoms with E-state index in [4.69, 9.17) is 4.42 Å². The molecular formula is C15H14N4O6. The summed E-state index contributed by atoms with van der Waals surface area (Å²) in [5.74, 6) is -1.86. The van der Waals surface area contributed by atoms with Crippen molar-refractivity contribution in [2.24, 2.45) is 10.9 Å². The molecule has 10 nitrogen and oxygen atoms in total. The monoisotopic (exact) mass is 346 g/mol. The van der Waals surface area contributed by atoms with Gasteiger partial charge >= 0.3 is 11.7 Å². The zero-order valence-electron chi connectivity index (χ0n) is 13.6. The first-order valence-corrected chi connectivity index (χ1v) is 7.36. The van der Waals surface area contributed by atoms with Gasteiger partial charge < -0.3 is 14.8 Å². The average molecular weight is 346 g/mol. The van der Waals surface area contributed by atoms with Crippen LogP contribution in [0.2, 0.25) is 0 Å². The van der Waals surface area contributed by atoms with Gasteiger partial charge in [-0.1, -0.05) is 13.8 Å². The highest BCUT2D eigenvalue weighted by molar-refractivity contribution is 6.18. The van der Waals surface area contributed by atoms with Crippen molar-refractivity contribution in [2.45, 2.75) is 26.3 Å². The Bertz CT molecular complexity index is 960. The number of hydrogen-bond acceptors (Lipinski definition) is 7. The second kappa shape index (κ2) is 5.36. The minimum Gasteiger partial charge on any atom is -0.478 e. The number of carboxylic acids is 1. The summed E-state index contributed by atoms with van der Waals surface area (Å²) in [5.41, 5.74) is -1.98. The Morgan fingerprint density at radius 1 is 1.48 bits per heavy atom. The molecule has 1 aliphatic heterocycles. The summed E-state index contributed by atoms with van der Waals surface area (Å²) >= 11 is 0. The predicted molar refractivity (Wildman–Crippen MR) is 85.5 cm³/mol. The Morgan fingerprint density at radius 3 is 2.68 bits per heavy atom. The highest BCUT2D eigenvalue weighted by Gasteiger charge is 2.43. The number of aromatic carboxylic acids is 1. The highest BCUT2D eigenvalue weighted by atomic mass is 16.6. The lowest BCUT2D eigenvalue weighted by molar-refractivity contribution is -0.383. The lowest BCUT2D eigenvalue weighted by atomic mass is 9.89. The van der Waals surface area contributed by atoms with Crippen molar-refractivity contribution in [3.05, 3.63) is 33.7 Å². The summed E-state index contributed by atoms with van der Waals surface area (Å²) in [5, 5.41) is 22.9. The van der Waals surface area contributed by atoms with Crippen LogP contribution in [-0.4, -0.2) is 38.3 Å². The van der Waals surface area contributed by atoms with Crippen molar-refractivity contribution in [3.8, 4) is 0 Å². The Labute approximate surface area is 140 Å². The number of nitro groups is 1. The molecule has 3 heterocycles. The van der Waals surface area contributed by atoms with Gasteiger partial charge in [0.2, 0.25) is 5.71 Å². The number of hydrogen-bond donors (Lipinski definition) is 2. The summed E-state index contributed by atoms with van der Waals surface area (Å²) in [4.78, 5) is 42.5. The molecule has 0 saturated heterocycles. The number of furan rings is 1. The van der Waals surface area contributed by atoms with E-state index in [2.05, 4.69) is 15.3 Å². The number of amides is 1. The number of pyridine rings is 1. The van der Waals surface area contributed by atoms with E-state index in [1.54, 1.807) is 6.92 Å². The summed E-state index contributed by atoms with van der Waals surface area (Å²) in [6.07, 6.45) is 0.889. The largest absolute Gasteiger partial charge is 0.478 e. The molecule has 130 valence electrons. The Kier molecular flexibility index (Phi) is 3.55. The van der Waals surface area contributed by atoms with Gasteiger partial charge in [0.1, 0.15) is 16.6 Å². The molecule has 1 amide bonds. The van der Waals surface area contributed by atoms with E-state index in [0.717, 1.165) is 12.3 Å². The first-order valence-electron chi connectivity index (χ1n) is 7.36. The summed E-state index contributed by atoms with van der Waals surface area (Å²) < 4.78 is 5.06. The number of carbonyl (C=O) groups excluding carboxylic acids is 1. The van der Waals surface area contributed by atoms with Crippen LogP contribution in [0.15, 0.2) is 21.7 Å². The summed E-state index contributed by atoms with van der Waals surface area (Å²) in [6.45, 7) is 5.27. The van der Waals surface area contributed by atoms with Crippen LogP contribution in [0.5, 0.6) is 0 Å². The van der Waals surface area contributed by atoms with E-state index >= 15 is 0 Å². The van der Waals surface area contributed by atoms with Crippen molar-refractivity contribution in [3.63, 3.8) is 0 Å². The number of nitrogens with zero attached hydrogens (tertiary/aromatic N) is 3. The van der Waals surface area contributed by atoms with E-state index in [0.29, 0.717) is 0 Å². The molecule has 1 atom stereocenters. The van der Waals surface area contributed by atoms with Crippen molar-refractivity contribution in [1.82, 2.24) is 10.3 Å². The summed E-state index contributed by atoms with van der Waals surface area (Å²) in [7, 11) is 0. The van der Waals surface area contributed by atoms with Gasteiger partial charge in [0.15, 0.2) is 12.1 Å². The van der Waals surface area contributed by atoms with Crippen LogP contribution in [0.4, 0.5) is 5.69 Å². The maximum absolute atomic E-state index is 12.2. The van der Waals surface area contributed by atoms with Crippen molar-refractivity contribution in [2.75, 3.05) is 0 Å². The Hall–Kier alpha value is -3.30. The minimum atomic E-state index is -1.35. The molecule has 0 saturated carbocycles. The third-order valence-corrected chi connectivity index (χ3v) is 4.36. The molecule has 0 bridgehead atoms. The van der Waals surface area contributed by atoms with E-state index in [1.807, 2.05) is 13.8 Å². The van der Waals surface area contributed by atoms with E-state index in [-0.39, 0.29) is 45.7 Å². The lowest BCUT2D eigenvalue weighted by Gasteiger charge is -2.21. The first kappa shape index (κ1) is 16.6. The van der Waals surface area contributed by atoms with Gasteiger partial charge in [0, 0.05) is 0 Å². The number of fused-ring (bicyclic) bond motifs is 1. The standard InChI is InChI=1S/C15H14N4O6/c1-6(2)15(3)14(22)17-11(18-15)10-8(13(20)21)4-7-9(19(23)24)5-25-12(7)16-10/h4-6H,1-3H3,(H,20,21)(H,17,18,22). The maximum Gasteiger partial charge on any atom is 0.338 e. The smallest absolute Gasteiger partial charge is 0.338 e. The van der Waals surface area contributed by atoms with Crippen molar-refractivity contribution in [1.29, 1.82) is 0 Å². The number of rotatable bonds is 4. The zero-order valence-corrected chi connectivity index (χ0v) is 13.6. The first-order chi connectivity index (χ1) is 11.6. The molecule has 10 heteroatoms. The average Bonchev–Trinajstić information content (AvgIpc) is 3.07. The van der Waals surface area contributed by atoms with Gasteiger partial charge in [-0.25, -0.2) is 14.8 Å². The van der Waals surface area contributed by atoms with Crippen LogP contribution in [0.25, 0.3) is 11.1 Å². The van der Waals surface area contributed by atoms with E-state index in [1.165, 1.54) is 0 Å². The fourth-order valence-corrected chi connectivity index (χ4v) is 2.48. The number of aromatic nitrogens is 1. The van der Waals surface area contributed by atoms with Gasteiger partial charge in [-0.3, -0.25) is 14.9 Å². The molecule has 2 N–H and O–H groups in total. The van der Waals surface area contributed by atoms with Crippen LogP contribution in [0, 0.1) is 16.0 Å². The maximum atomic E-state index is 12.2. The second-order valence-corrected chi connectivity index (χ2v) is 6.14. The molecule has 0 aromatic carbocycles. The third kappa shape index (κ3) is 2.42. The topological polar surface area (TPSA) is 148 Å². The molecule has 1 aliphatic rings. The van der Waals surface area contributed by atoms with Crippen LogP contribution in [0.1, 0.15) is 36.8 Å². The number of aliphatic imine (C=N–C) groups is 1. The van der Waals surface area contributed by atoms with Crippen LogP contribution < -0.4 is 5.32 Å². The molecule has 0 aliphatic carbocycles. The number of amidine groups is 1. The van der Waals surface area contributed by atoms with Crippen molar-refractivity contribution >= 4 is 34.5 Å². The summed E-state index contributed by atoms with van der Waals surface area (Å²) in [6, 6.07) is 1.10. The lowest BCUT2D eigenvalue weighted by Crippen LogP contribution is -2.41. The van der Waals surface area contributed by atoms with Crippen LogP contribution in [0.3, 0.4) is 0 Å². The molecule has 0 radical (unpaired) electrons. The van der Waals surface area contributed by atoms with Gasteiger partial charge in [0.25, 0.3) is 5.91 Å². The zero-order chi connectivity index (χ0) is 18.5. The fourth-order valence-electron chi connectivity index (χ4n) is 2.48. The predicted octanol–water partition coefficient (Wildman–Crippen LogP) is 1.73. The van der Waals surface area contributed by atoms with Gasteiger partial charge in [-0.2, -0.15) is 0 Å². The molecule has 0 fully saturated rings. The molecule has 2 aromatic heterocycles. The SMILES string of the molecule is CC(C)C1(C)N=C(c2nc3occ([N+](=O)[O-])c3cc2C(=O)O)NC1=O. The van der Waals surface area contributed by atoms with Crippen LogP contribution in [-0.2, 0) is 4.79 Å². The Morgan fingerprint density at radius 2 is 2.16 bits per heavy atom. The molecule has 0 spiro atoms. The van der Waals surface area contributed by atoms with Crippen molar-refractivity contribution < 1.29 is 24.0 Å². The molecule has 1 unspecified atom stereocenters. The third-order valence-electron chi connectivity index (χ3n) is 4.36. The minimum absolute atomic E-state index is 0.000414. The molecule has 3 rings (SSSR count). The molecule has 25 heavy (non-hydrogen) atoms. The second-order valence-electron chi connectivity index (χ2n) is 6.14. The number of carbonyl (C=O) groups is 2. The quantitative estimate of drug-likeness (QED) is 0.632. The number of nitrogens with one attached hydrogen (secondary N) is 1. The van der Waals surface area contributed by atoms with Gasteiger partial charge in [-0.15, -0.1) is 0 Å². The van der Waals surface area contributed by atoms with Gasteiger partial charge in [-0.05, 0) is 18.9 Å². The fraction of sp³-hybridized carbons (Fsp3) is 0.333.